The van der Waals surface area contributed by atoms with Gasteiger partial charge in [-0.25, -0.2) is 0 Å². The van der Waals surface area contributed by atoms with E-state index in [2.05, 4.69) is 15.8 Å². The Hall–Kier alpha value is -3.31. The van der Waals surface area contributed by atoms with E-state index in [1.165, 1.54) is 24.3 Å². The van der Waals surface area contributed by atoms with E-state index in [0.29, 0.717) is 5.52 Å². The maximum atomic E-state index is 12.0. The fourth-order valence-electron chi connectivity index (χ4n) is 2.30. The standard InChI is InChI=1S/C14H12N4O6S/c19-14-13(17-16-11-3-1-2-4-12(11)18(20)21)9-7-8(25(22,23)24)5-6-10(9)15-14/h1-7,15-17,19H,(H,22,23,24)/p-1. The first kappa shape index (κ1) is 16.5. The van der Waals surface area contributed by atoms with Crippen LogP contribution in [-0.4, -0.2) is 22.9 Å². The molecule has 0 saturated heterocycles. The molecule has 130 valence electrons. The Morgan fingerprint density at radius 3 is 2.52 bits per heavy atom. The molecule has 0 amide bonds. The normalized spacial score (nSPS) is 11.4. The number of hydrazine groups is 1. The van der Waals surface area contributed by atoms with Crippen LogP contribution in [0.3, 0.4) is 0 Å². The highest BCUT2D eigenvalue weighted by Crippen LogP contribution is 2.33. The zero-order valence-electron chi connectivity index (χ0n) is 12.4. The number of fused-ring (bicyclic) bond motifs is 1. The lowest BCUT2D eigenvalue weighted by atomic mass is 10.2. The molecule has 0 unspecified atom stereocenters. The number of hydrogen-bond acceptors (Lipinski definition) is 7. The Morgan fingerprint density at radius 1 is 1.12 bits per heavy atom. The monoisotopic (exact) mass is 363 g/mol. The van der Waals surface area contributed by atoms with Gasteiger partial charge >= 0.3 is 0 Å². The molecule has 4 N–H and O–H groups in total. The van der Waals surface area contributed by atoms with Crippen molar-refractivity contribution in [3.63, 3.8) is 0 Å². The second-order valence-corrected chi connectivity index (χ2v) is 6.46. The number of nitrogens with zero attached hydrogens (tertiary/aromatic N) is 1. The Morgan fingerprint density at radius 2 is 1.84 bits per heavy atom. The highest BCUT2D eigenvalue weighted by atomic mass is 32.2. The zero-order chi connectivity index (χ0) is 18.2. The number of H-pyrrole nitrogens is 1. The van der Waals surface area contributed by atoms with E-state index < -0.39 is 20.9 Å². The van der Waals surface area contributed by atoms with Gasteiger partial charge in [-0.3, -0.25) is 25.5 Å². The molecule has 0 aliphatic carbocycles. The number of nitro groups is 1. The second kappa shape index (κ2) is 5.96. The molecular weight excluding hydrogens is 352 g/mol. The lowest BCUT2D eigenvalue weighted by molar-refractivity contribution is -0.383. The van der Waals surface area contributed by atoms with Crippen LogP contribution in [-0.2, 0) is 10.1 Å². The summed E-state index contributed by atoms with van der Waals surface area (Å²) < 4.78 is 31.6. The summed E-state index contributed by atoms with van der Waals surface area (Å²) in [6.07, 6.45) is 0. The zero-order valence-corrected chi connectivity index (χ0v) is 13.2. The van der Waals surface area contributed by atoms with Crippen LogP contribution in [0, 0.1) is 10.1 Å². The highest BCUT2D eigenvalue weighted by Gasteiger charge is 2.15. The van der Waals surface area contributed by atoms with E-state index in [-0.39, 0.29) is 27.3 Å². The number of hydrogen-bond donors (Lipinski definition) is 4. The first-order valence-electron chi connectivity index (χ1n) is 6.83. The van der Waals surface area contributed by atoms with Gasteiger partial charge in [-0.05, 0) is 30.1 Å². The number of aromatic nitrogens is 1. The molecule has 2 aromatic carbocycles. The third kappa shape index (κ3) is 3.18. The summed E-state index contributed by atoms with van der Waals surface area (Å²) in [4.78, 5) is 12.5. The molecule has 0 aliphatic rings. The summed E-state index contributed by atoms with van der Waals surface area (Å²) >= 11 is 0. The van der Waals surface area contributed by atoms with Crippen molar-refractivity contribution in [1.29, 1.82) is 0 Å². The number of nitrogens with one attached hydrogen (secondary N) is 3. The van der Waals surface area contributed by atoms with Crippen LogP contribution in [0.4, 0.5) is 17.1 Å². The first-order chi connectivity index (χ1) is 11.8. The lowest BCUT2D eigenvalue weighted by Gasteiger charge is -2.13. The molecule has 0 saturated carbocycles. The third-order valence-electron chi connectivity index (χ3n) is 3.46. The van der Waals surface area contributed by atoms with E-state index in [0.717, 1.165) is 12.1 Å². The summed E-state index contributed by atoms with van der Waals surface area (Å²) in [7, 11) is -4.44. The average Bonchev–Trinajstić information content (AvgIpc) is 2.86. The van der Waals surface area contributed by atoms with E-state index in [1.54, 1.807) is 6.07 Å². The van der Waals surface area contributed by atoms with Crippen LogP contribution in [0.15, 0.2) is 47.4 Å². The van der Waals surface area contributed by atoms with Crippen molar-refractivity contribution < 1.29 is 23.0 Å². The molecule has 0 radical (unpaired) electrons. The van der Waals surface area contributed by atoms with Gasteiger partial charge < -0.3 is 10.1 Å². The number of nitro benzene ring substituents is 1. The summed E-state index contributed by atoms with van der Waals surface area (Å²) in [5, 5.41) is 23.2. The molecule has 1 aromatic heterocycles. The Labute approximate surface area is 141 Å². The predicted octanol–water partition coefficient (Wildman–Crippen LogP) is 1.84. The van der Waals surface area contributed by atoms with Crippen LogP contribution < -0.4 is 16.0 Å². The van der Waals surface area contributed by atoms with Crippen LogP contribution in [0.5, 0.6) is 5.88 Å². The topological polar surface area (TPSA) is 160 Å². The molecule has 0 spiro atoms. The minimum Gasteiger partial charge on any atom is -0.859 e. The first-order valence-corrected chi connectivity index (χ1v) is 8.27. The minimum absolute atomic E-state index is 0.0429. The smallest absolute Gasteiger partial charge is 0.294 e. The molecule has 10 nitrogen and oxygen atoms in total. The van der Waals surface area contributed by atoms with Gasteiger partial charge in [0.1, 0.15) is 5.69 Å². The molecular formula is C14H11N4O6S-. The molecule has 0 aliphatic heterocycles. The number of rotatable bonds is 5. The number of aromatic amines is 1. The van der Waals surface area contributed by atoms with Crippen molar-refractivity contribution in [3.8, 4) is 5.88 Å². The summed E-state index contributed by atoms with van der Waals surface area (Å²) in [5.74, 6) is -0.562. The third-order valence-corrected chi connectivity index (χ3v) is 4.31. The van der Waals surface area contributed by atoms with Crippen molar-refractivity contribution in [2.75, 3.05) is 10.9 Å². The Kier molecular flexibility index (Phi) is 3.94. The fourth-order valence-corrected chi connectivity index (χ4v) is 2.81. The molecule has 0 bridgehead atoms. The maximum Gasteiger partial charge on any atom is 0.294 e. The summed E-state index contributed by atoms with van der Waals surface area (Å²) in [6.45, 7) is 0. The molecule has 11 heteroatoms. The molecule has 25 heavy (non-hydrogen) atoms. The van der Waals surface area contributed by atoms with Crippen LogP contribution in [0.1, 0.15) is 0 Å². The SMILES string of the molecule is O=[N+]([O-])c1ccccc1NNc1c([O-])[nH]c2ccc(S(=O)(=O)O)cc12. The van der Waals surface area contributed by atoms with Gasteiger partial charge in [0.25, 0.3) is 15.8 Å². The average molecular weight is 363 g/mol. The van der Waals surface area contributed by atoms with Crippen molar-refractivity contribution in [1.82, 2.24) is 4.98 Å². The number of benzene rings is 2. The second-order valence-electron chi connectivity index (χ2n) is 5.04. The number of para-hydroxylation sites is 2. The van der Waals surface area contributed by atoms with E-state index >= 15 is 0 Å². The minimum atomic E-state index is -4.44. The van der Waals surface area contributed by atoms with Crippen molar-refractivity contribution in [3.05, 3.63) is 52.6 Å². The predicted molar refractivity (Wildman–Crippen MR) is 87.9 cm³/mol. The van der Waals surface area contributed by atoms with Gasteiger partial charge in [-0.1, -0.05) is 12.1 Å². The Bertz CT molecular complexity index is 1080. The molecule has 0 atom stereocenters. The summed E-state index contributed by atoms with van der Waals surface area (Å²) in [5.41, 5.74) is 5.32. The quantitative estimate of drug-likeness (QED) is 0.303. The van der Waals surface area contributed by atoms with Crippen molar-refractivity contribution in [2.24, 2.45) is 0 Å². The van der Waals surface area contributed by atoms with E-state index in [4.69, 9.17) is 4.55 Å². The van der Waals surface area contributed by atoms with Crippen molar-refractivity contribution in [2.45, 2.75) is 4.90 Å². The van der Waals surface area contributed by atoms with Gasteiger partial charge in [-0.15, -0.1) is 0 Å². The number of anilines is 2. The van der Waals surface area contributed by atoms with Gasteiger partial charge in [0, 0.05) is 17.0 Å². The van der Waals surface area contributed by atoms with Crippen LogP contribution >= 0.6 is 0 Å². The Balaban J connectivity index is 1.99. The fraction of sp³-hybridized carbons (Fsp3) is 0. The molecule has 3 aromatic rings. The van der Waals surface area contributed by atoms with Crippen molar-refractivity contribution >= 4 is 38.1 Å². The van der Waals surface area contributed by atoms with Gasteiger partial charge in [0.2, 0.25) is 0 Å². The molecule has 0 fully saturated rings. The molecule has 1 heterocycles. The highest BCUT2D eigenvalue weighted by molar-refractivity contribution is 7.85. The van der Waals surface area contributed by atoms with Gasteiger partial charge in [0.05, 0.1) is 15.5 Å². The van der Waals surface area contributed by atoms with E-state index in [1.807, 2.05) is 0 Å². The van der Waals surface area contributed by atoms with Gasteiger partial charge in [0.15, 0.2) is 0 Å². The maximum absolute atomic E-state index is 12.0. The van der Waals surface area contributed by atoms with Crippen LogP contribution in [0.25, 0.3) is 10.9 Å². The summed E-state index contributed by atoms with van der Waals surface area (Å²) in [6, 6.07) is 9.38. The molecule has 3 rings (SSSR count). The lowest BCUT2D eigenvalue weighted by Crippen LogP contribution is -2.11. The van der Waals surface area contributed by atoms with Crippen LogP contribution in [0.2, 0.25) is 0 Å². The largest absolute Gasteiger partial charge is 0.859 e. The van der Waals surface area contributed by atoms with Gasteiger partial charge in [-0.2, -0.15) is 8.42 Å². The van der Waals surface area contributed by atoms with E-state index in [9.17, 15) is 23.6 Å².